The van der Waals surface area contributed by atoms with Crippen LogP contribution in [0, 0.1) is 11.3 Å². The molecular formula is C14H17F3N2. The Morgan fingerprint density at radius 2 is 1.84 bits per heavy atom. The molecule has 0 aliphatic heterocycles. The Bertz CT molecular complexity index is 418. The molecule has 1 rings (SSSR count). The molecule has 0 amide bonds. The maximum Gasteiger partial charge on any atom is 0.389 e. The van der Waals surface area contributed by atoms with E-state index in [1.165, 1.54) is 0 Å². The van der Waals surface area contributed by atoms with Crippen LogP contribution in [0.25, 0.3) is 0 Å². The molecule has 0 heterocycles. The fourth-order valence-electron chi connectivity index (χ4n) is 1.73. The minimum absolute atomic E-state index is 0.0682. The summed E-state index contributed by atoms with van der Waals surface area (Å²) in [6, 6.07) is 9.28. The highest BCUT2D eigenvalue weighted by Gasteiger charge is 2.25. The molecule has 1 unspecified atom stereocenters. The van der Waals surface area contributed by atoms with Gasteiger partial charge >= 0.3 is 6.18 Å². The number of rotatable bonds is 6. The highest BCUT2D eigenvalue weighted by Crippen LogP contribution is 2.22. The molecule has 0 aromatic heterocycles. The molecule has 0 bridgehead atoms. The zero-order chi connectivity index (χ0) is 14.3. The highest BCUT2D eigenvalue weighted by atomic mass is 19.4. The average Bonchev–Trinajstić information content (AvgIpc) is 2.37. The summed E-state index contributed by atoms with van der Waals surface area (Å²) in [7, 11) is 0. The second-order valence-corrected chi connectivity index (χ2v) is 4.48. The molecule has 19 heavy (non-hydrogen) atoms. The third kappa shape index (κ3) is 6.25. The van der Waals surface area contributed by atoms with Crippen LogP contribution >= 0.6 is 0 Å². The van der Waals surface area contributed by atoms with E-state index in [1.807, 2.05) is 25.1 Å². The minimum Gasteiger partial charge on any atom is -0.310 e. The fraction of sp³-hybridized carbons (Fsp3) is 0.500. The zero-order valence-electron chi connectivity index (χ0n) is 10.8. The van der Waals surface area contributed by atoms with E-state index in [0.29, 0.717) is 18.5 Å². The Hall–Kier alpha value is -1.54. The number of halogens is 3. The lowest BCUT2D eigenvalue weighted by atomic mass is 10.1. The predicted molar refractivity (Wildman–Crippen MR) is 67.5 cm³/mol. The molecule has 0 radical (unpaired) electrons. The number of benzene rings is 1. The molecule has 1 aromatic rings. The van der Waals surface area contributed by atoms with E-state index in [1.54, 1.807) is 12.1 Å². The van der Waals surface area contributed by atoms with Gasteiger partial charge in [-0.15, -0.1) is 0 Å². The molecule has 0 spiro atoms. The van der Waals surface area contributed by atoms with Crippen molar-refractivity contribution in [1.29, 1.82) is 5.26 Å². The Labute approximate surface area is 111 Å². The molecule has 0 aliphatic carbocycles. The zero-order valence-corrected chi connectivity index (χ0v) is 10.8. The number of alkyl halides is 3. The molecule has 2 nitrogen and oxygen atoms in total. The van der Waals surface area contributed by atoms with Crippen LogP contribution in [0.2, 0.25) is 0 Å². The van der Waals surface area contributed by atoms with Gasteiger partial charge in [0.25, 0.3) is 0 Å². The van der Waals surface area contributed by atoms with E-state index in [4.69, 9.17) is 5.26 Å². The Morgan fingerprint density at radius 3 is 2.37 bits per heavy atom. The van der Waals surface area contributed by atoms with Gasteiger partial charge in [-0.1, -0.05) is 12.1 Å². The first-order chi connectivity index (χ1) is 8.92. The summed E-state index contributed by atoms with van der Waals surface area (Å²) in [6.45, 7) is 2.50. The van der Waals surface area contributed by atoms with Gasteiger partial charge in [0.05, 0.1) is 11.6 Å². The monoisotopic (exact) mass is 270 g/mol. The maximum atomic E-state index is 11.9. The van der Waals surface area contributed by atoms with Gasteiger partial charge in [0.15, 0.2) is 0 Å². The van der Waals surface area contributed by atoms with Crippen LogP contribution in [-0.4, -0.2) is 12.7 Å². The Balaban J connectivity index is 2.27. The third-order valence-electron chi connectivity index (χ3n) is 2.88. The van der Waals surface area contributed by atoms with Crippen molar-refractivity contribution in [2.75, 3.05) is 6.54 Å². The van der Waals surface area contributed by atoms with Crippen molar-refractivity contribution in [3.8, 4) is 6.07 Å². The van der Waals surface area contributed by atoms with Gasteiger partial charge in [-0.2, -0.15) is 18.4 Å². The smallest absolute Gasteiger partial charge is 0.310 e. The predicted octanol–water partition coefficient (Wildman–Crippen LogP) is 3.94. The first-order valence-corrected chi connectivity index (χ1v) is 6.22. The van der Waals surface area contributed by atoms with Gasteiger partial charge in [0.1, 0.15) is 0 Å². The van der Waals surface area contributed by atoms with Crippen LogP contribution in [0.15, 0.2) is 24.3 Å². The molecule has 0 aliphatic rings. The maximum absolute atomic E-state index is 11.9. The lowest BCUT2D eigenvalue weighted by Crippen LogP contribution is -2.20. The van der Waals surface area contributed by atoms with Crippen LogP contribution < -0.4 is 5.32 Å². The second-order valence-electron chi connectivity index (χ2n) is 4.48. The molecule has 0 saturated heterocycles. The van der Waals surface area contributed by atoms with Crippen LogP contribution in [0.4, 0.5) is 13.2 Å². The van der Waals surface area contributed by atoms with Gasteiger partial charge in [-0.05, 0) is 44.0 Å². The largest absolute Gasteiger partial charge is 0.389 e. The number of unbranched alkanes of at least 4 members (excludes halogenated alkanes) is 1. The summed E-state index contributed by atoms with van der Waals surface area (Å²) in [5.41, 5.74) is 1.62. The topological polar surface area (TPSA) is 35.8 Å². The summed E-state index contributed by atoms with van der Waals surface area (Å²) < 4.78 is 35.8. The average molecular weight is 270 g/mol. The molecule has 5 heteroatoms. The summed E-state index contributed by atoms with van der Waals surface area (Å²) in [6.07, 6.45) is -4.13. The normalized spacial score (nSPS) is 13.0. The van der Waals surface area contributed by atoms with Crippen molar-refractivity contribution in [2.45, 2.75) is 38.4 Å². The lowest BCUT2D eigenvalue weighted by Gasteiger charge is -2.14. The van der Waals surface area contributed by atoms with Crippen molar-refractivity contribution < 1.29 is 13.2 Å². The highest BCUT2D eigenvalue weighted by molar-refractivity contribution is 5.32. The summed E-state index contributed by atoms with van der Waals surface area (Å²) in [5, 5.41) is 11.8. The van der Waals surface area contributed by atoms with Crippen LogP contribution in [0.5, 0.6) is 0 Å². The standard InChI is InChI=1S/C14H17F3N2/c1-11(13-6-4-12(10-18)5-7-13)19-9-3-2-8-14(15,16)17/h4-7,11,19H,2-3,8-9H2,1H3. The molecular weight excluding hydrogens is 253 g/mol. The SMILES string of the molecule is CC(NCCCCC(F)(F)F)c1ccc(C#N)cc1. The first-order valence-electron chi connectivity index (χ1n) is 6.22. The van der Waals surface area contributed by atoms with Gasteiger partial charge in [-0.3, -0.25) is 0 Å². The van der Waals surface area contributed by atoms with E-state index in [2.05, 4.69) is 5.32 Å². The number of nitrogens with one attached hydrogen (secondary N) is 1. The number of nitrogens with zero attached hydrogens (tertiary/aromatic N) is 1. The van der Waals surface area contributed by atoms with Crippen molar-refractivity contribution in [3.63, 3.8) is 0 Å². The Kier molecular flexibility index (Phi) is 5.84. The van der Waals surface area contributed by atoms with Crippen molar-refractivity contribution in [2.24, 2.45) is 0 Å². The molecule has 0 saturated carbocycles. The van der Waals surface area contributed by atoms with E-state index in [0.717, 1.165) is 5.56 Å². The number of nitriles is 1. The second kappa shape index (κ2) is 7.15. The van der Waals surface area contributed by atoms with E-state index < -0.39 is 12.6 Å². The van der Waals surface area contributed by atoms with E-state index in [-0.39, 0.29) is 12.5 Å². The minimum atomic E-state index is -4.06. The van der Waals surface area contributed by atoms with Gasteiger partial charge < -0.3 is 5.32 Å². The molecule has 104 valence electrons. The molecule has 1 N–H and O–H groups in total. The van der Waals surface area contributed by atoms with Gasteiger partial charge in [-0.25, -0.2) is 0 Å². The van der Waals surface area contributed by atoms with E-state index >= 15 is 0 Å². The summed E-state index contributed by atoms with van der Waals surface area (Å²) in [5.74, 6) is 0. The quantitative estimate of drug-likeness (QED) is 0.795. The van der Waals surface area contributed by atoms with Crippen molar-refractivity contribution >= 4 is 0 Å². The Morgan fingerprint density at radius 1 is 1.21 bits per heavy atom. The molecule has 1 aromatic carbocycles. The fourth-order valence-corrected chi connectivity index (χ4v) is 1.73. The lowest BCUT2D eigenvalue weighted by molar-refractivity contribution is -0.135. The first kappa shape index (κ1) is 15.5. The van der Waals surface area contributed by atoms with Gasteiger partial charge in [0, 0.05) is 12.5 Å². The summed E-state index contributed by atoms with van der Waals surface area (Å²) in [4.78, 5) is 0. The molecule has 0 fully saturated rings. The van der Waals surface area contributed by atoms with Crippen LogP contribution in [0.1, 0.15) is 43.4 Å². The van der Waals surface area contributed by atoms with E-state index in [9.17, 15) is 13.2 Å². The van der Waals surface area contributed by atoms with Crippen LogP contribution in [0.3, 0.4) is 0 Å². The van der Waals surface area contributed by atoms with Crippen molar-refractivity contribution in [1.82, 2.24) is 5.32 Å². The third-order valence-corrected chi connectivity index (χ3v) is 2.88. The van der Waals surface area contributed by atoms with Crippen LogP contribution in [-0.2, 0) is 0 Å². The van der Waals surface area contributed by atoms with Crippen molar-refractivity contribution in [3.05, 3.63) is 35.4 Å². The van der Waals surface area contributed by atoms with Gasteiger partial charge in [0.2, 0.25) is 0 Å². The number of hydrogen-bond acceptors (Lipinski definition) is 2. The number of hydrogen-bond donors (Lipinski definition) is 1. The summed E-state index contributed by atoms with van der Waals surface area (Å²) >= 11 is 0. The molecule has 1 atom stereocenters.